The lowest BCUT2D eigenvalue weighted by molar-refractivity contribution is -0.119. The maximum atomic E-state index is 13.7. The standard InChI is InChI=1S/C21H17F3N4O2S/c1-3-30-14-10-8-13(9-11-14)25-12(2)17-18(21(22,23)24)27-28(19(17)29)20-26-15-6-4-5-7-16(15)31-20/h4-11,17,25H,2-3H2,1H3/t17-/m1/s1. The summed E-state index contributed by atoms with van der Waals surface area (Å²) < 4.78 is 47.2. The highest BCUT2D eigenvalue weighted by Crippen LogP contribution is 2.38. The summed E-state index contributed by atoms with van der Waals surface area (Å²) >= 11 is 1.09. The Morgan fingerprint density at radius 1 is 1.23 bits per heavy atom. The van der Waals surface area contributed by atoms with Crippen molar-refractivity contribution in [3.63, 3.8) is 0 Å². The molecule has 0 bridgehead atoms. The molecule has 1 N–H and O–H groups in total. The Labute approximate surface area is 179 Å². The van der Waals surface area contributed by atoms with Gasteiger partial charge in [0.05, 0.1) is 16.8 Å². The first-order valence-corrected chi connectivity index (χ1v) is 10.1. The van der Waals surface area contributed by atoms with E-state index in [9.17, 15) is 18.0 Å². The van der Waals surface area contributed by atoms with E-state index in [1.165, 1.54) is 0 Å². The van der Waals surface area contributed by atoms with Crippen LogP contribution >= 0.6 is 11.3 Å². The van der Waals surface area contributed by atoms with Crippen LogP contribution in [0.25, 0.3) is 10.2 Å². The van der Waals surface area contributed by atoms with Crippen LogP contribution in [-0.2, 0) is 4.79 Å². The van der Waals surface area contributed by atoms with E-state index in [1.807, 2.05) is 6.92 Å². The third-order valence-corrected chi connectivity index (χ3v) is 5.52. The van der Waals surface area contributed by atoms with Crippen LogP contribution in [0.15, 0.2) is 65.9 Å². The molecule has 0 radical (unpaired) electrons. The first-order valence-electron chi connectivity index (χ1n) is 9.32. The van der Waals surface area contributed by atoms with E-state index < -0.39 is 23.7 Å². The van der Waals surface area contributed by atoms with Crippen LogP contribution in [0.1, 0.15) is 6.92 Å². The van der Waals surface area contributed by atoms with Crippen molar-refractivity contribution in [2.45, 2.75) is 13.1 Å². The number of fused-ring (bicyclic) bond motifs is 1. The van der Waals surface area contributed by atoms with E-state index in [-0.39, 0.29) is 10.8 Å². The number of alkyl halides is 3. The Morgan fingerprint density at radius 2 is 1.94 bits per heavy atom. The smallest absolute Gasteiger partial charge is 0.432 e. The molecule has 0 fully saturated rings. The number of halogens is 3. The Bertz CT molecular complexity index is 1140. The van der Waals surface area contributed by atoms with E-state index in [1.54, 1.807) is 48.5 Å². The number of hydrogen-bond acceptors (Lipinski definition) is 6. The molecule has 10 heteroatoms. The van der Waals surface area contributed by atoms with Gasteiger partial charge in [-0.25, -0.2) is 4.98 Å². The van der Waals surface area contributed by atoms with Gasteiger partial charge in [-0.05, 0) is 43.3 Å². The fraction of sp³-hybridized carbons (Fsp3) is 0.190. The van der Waals surface area contributed by atoms with Crippen LogP contribution in [0.4, 0.5) is 24.0 Å². The molecule has 1 amide bonds. The minimum atomic E-state index is -4.81. The number of hydrazone groups is 1. The van der Waals surface area contributed by atoms with Crippen molar-refractivity contribution in [1.29, 1.82) is 0 Å². The van der Waals surface area contributed by atoms with Crippen LogP contribution in [0.5, 0.6) is 5.75 Å². The Balaban J connectivity index is 1.62. The van der Waals surface area contributed by atoms with E-state index in [2.05, 4.69) is 22.0 Å². The monoisotopic (exact) mass is 446 g/mol. The van der Waals surface area contributed by atoms with Crippen LogP contribution < -0.4 is 15.1 Å². The van der Waals surface area contributed by atoms with Crippen LogP contribution in [-0.4, -0.2) is 29.4 Å². The lowest BCUT2D eigenvalue weighted by Gasteiger charge is -2.18. The van der Waals surface area contributed by atoms with Gasteiger partial charge in [0.15, 0.2) is 5.71 Å². The predicted molar refractivity (Wildman–Crippen MR) is 114 cm³/mol. The molecule has 3 aromatic rings. The number of rotatable bonds is 6. The number of benzene rings is 2. The lowest BCUT2D eigenvalue weighted by Crippen LogP contribution is -2.36. The maximum absolute atomic E-state index is 13.7. The number of ether oxygens (including phenoxy) is 1. The number of nitrogens with one attached hydrogen (secondary N) is 1. The molecule has 1 aliphatic heterocycles. The minimum absolute atomic E-state index is 0.0734. The summed E-state index contributed by atoms with van der Waals surface area (Å²) in [5.41, 5.74) is -0.316. The van der Waals surface area contributed by atoms with Gasteiger partial charge in [0.2, 0.25) is 5.13 Å². The highest BCUT2D eigenvalue weighted by Gasteiger charge is 2.52. The molecule has 0 saturated carbocycles. The molecule has 1 aromatic heterocycles. The summed E-state index contributed by atoms with van der Waals surface area (Å²) in [6.07, 6.45) is -4.81. The van der Waals surface area contributed by atoms with Crippen molar-refractivity contribution >= 4 is 44.0 Å². The topological polar surface area (TPSA) is 66.8 Å². The second-order valence-corrected chi connectivity index (χ2v) is 7.65. The normalized spacial score (nSPS) is 16.5. The number of carbonyl (C=O) groups excluding carboxylic acids is 1. The van der Waals surface area contributed by atoms with Gasteiger partial charge in [0.25, 0.3) is 5.91 Å². The molecular weight excluding hydrogens is 429 g/mol. The van der Waals surface area contributed by atoms with Gasteiger partial charge in [-0.15, -0.1) is 0 Å². The fourth-order valence-corrected chi connectivity index (χ4v) is 4.06. The Hall–Kier alpha value is -3.40. The first-order chi connectivity index (χ1) is 14.8. The van der Waals surface area contributed by atoms with Crippen molar-refractivity contribution in [2.75, 3.05) is 16.9 Å². The average molecular weight is 446 g/mol. The molecular formula is C21H17F3N4O2S. The number of aromatic nitrogens is 1. The quantitative estimate of drug-likeness (QED) is 0.565. The summed E-state index contributed by atoms with van der Waals surface area (Å²) in [4.78, 5) is 17.2. The first kappa shape index (κ1) is 20.9. The molecule has 2 heterocycles. The van der Waals surface area contributed by atoms with Gasteiger partial charge in [0, 0.05) is 11.4 Å². The largest absolute Gasteiger partial charge is 0.494 e. The number of amides is 1. The van der Waals surface area contributed by atoms with Crippen molar-refractivity contribution in [3.8, 4) is 5.75 Å². The van der Waals surface area contributed by atoms with Crippen molar-refractivity contribution in [3.05, 3.63) is 60.8 Å². The number of thiazole rings is 1. The molecule has 160 valence electrons. The third-order valence-electron chi connectivity index (χ3n) is 4.51. The number of para-hydroxylation sites is 1. The zero-order valence-electron chi connectivity index (χ0n) is 16.3. The van der Waals surface area contributed by atoms with E-state index >= 15 is 0 Å². The fourth-order valence-electron chi connectivity index (χ4n) is 3.13. The van der Waals surface area contributed by atoms with Gasteiger partial charge in [-0.3, -0.25) is 4.79 Å². The van der Waals surface area contributed by atoms with Crippen molar-refractivity contribution in [1.82, 2.24) is 4.98 Å². The molecule has 0 unspecified atom stereocenters. The van der Waals surface area contributed by atoms with E-state index in [4.69, 9.17) is 4.74 Å². The number of hydrogen-bond donors (Lipinski definition) is 1. The van der Waals surface area contributed by atoms with Gasteiger partial charge in [0.1, 0.15) is 11.7 Å². The molecule has 0 saturated heterocycles. The zero-order valence-corrected chi connectivity index (χ0v) is 17.1. The van der Waals surface area contributed by atoms with Crippen molar-refractivity contribution < 1.29 is 22.7 Å². The van der Waals surface area contributed by atoms with Crippen LogP contribution in [0.2, 0.25) is 0 Å². The molecule has 0 aliphatic carbocycles. The minimum Gasteiger partial charge on any atom is -0.494 e. The average Bonchev–Trinajstić information content (AvgIpc) is 3.30. The highest BCUT2D eigenvalue weighted by molar-refractivity contribution is 7.22. The second-order valence-electron chi connectivity index (χ2n) is 6.64. The molecule has 4 rings (SSSR count). The van der Waals surface area contributed by atoms with Crippen LogP contribution in [0.3, 0.4) is 0 Å². The summed E-state index contributed by atoms with van der Waals surface area (Å²) in [6, 6.07) is 13.6. The van der Waals surface area contributed by atoms with E-state index in [0.29, 0.717) is 28.6 Å². The zero-order chi connectivity index (χ0) is 22.2. The van der Waals surface area contributed by atoms with E-state index in [0.717, 1.165) is 16.0 Å². The van der Waals surface area contributed by atoms with Gasteiger partial charge in [-0.2, -0.15) is 23.3 Å². The predicted octanol–water partition coefficient (Wildman–Crippen LogP) is 5.20. The molecule has 1 atom stereocenters. The van der Waals surface area contributed by atoms with Gasteiger partial charge in [-0.1, -0.05) is 30.0 Å². The van der Waals surface area contributed by atoms with Crippen LogP contribution in [0, 0.1) is 5.92 Å². The Morgan fingerprint density at radius 3 is 2.58 bits per heavy atom. The lowest BCUT2D eigenvalue weighted by atomic mass is 9.99. The van der Waals surface area contributed by atoms with Gasteiger partial charge < -0.3 is 10.1 Å². The van der Waals surface area contributed by atoms with Gasteiger partial charge >= 0.3 is 6.18 Å². The molecule has 6 nitrogen and oxygen atoms in total. The van der Waals surface area contributed by atoms with Crippen molar-refractivity contribution in [2.24, 2.45) is 11.0 Å². The molecule has 0 spiro atoms. The Kier molecular flexibility index (Phi) is 5.40. The maximum Gasteiger partial charge on any atom is 0.432 e. The second kappa shape index (κ2) is 8.03. The summed E-state index contributed by atoms with van der Waals surface area (Å²) in [6.45, 7) is 6.02. The number of anilines is 2. The third kappa shape index (κ3) is 4.11. The highest BCUT2D eigenvalue weighted by atomic mass is 32.1. The SMILES string of the molecule is C=C(Nc1ccc(OCC)cc1)[C@H]1C(=O)N(c2nc3ccccc3s2)N=C1C(F)(F)F. The summed E-state index contributed by atoms with van der Waals surface area (Å²) in [7, 11) is 0. The molecule has 31 heavy (non-hydrogen) atoms. The molecule has 2 aromatic carbocycles. The summed E-state index contributed by atoms with van der Waals surface area (Å²) in [5, 5.41) is 7.16. The molecule has 1 aliphatic rings. The number of nitrogens with zero attached hydrogens (tertiary/aromatic N) is 3. The summed E-state index contributed by atoms with van der Waals surface area (Å²) in [5.74, 6) is -1.94. The number of carbonyl (C=O) groups is 1.